The van der Waals surface area contributed by atoms with Gasteiger partial charge in [-0.2, -0.15) is 0 Å². The van der Waals surface area contributed by atoms with Crippen LogP contribution in [0.1, 0.15) is 6.92 Å². The molecule has 1 heterocycles. The molecule has 0 fully saturated rings. The highest BCUT2D eigenvalue weighted by atomic mass is 19.1. The predicted octanol–water partition coefficient (Wildman–Crippen LogP) is 3.62. The summed E-state index contributed by atoms with van der Waals surface area (Å²) in [5.41, 5.74) is -0.173. The van der Waals surface area contributed by atoms with Gasteiger partial charge in [0, 0.05) is 12.1 Å². The molecule has 0 saturated heterocycles. The fourth-order valence-electron chi connectivity index (χ4n) is 1.46. The van der Waals surface area contributed by atoms with Crippen LogP contribution in [0.15, 0.2) is 34.9 Å². The van der Waals surface area contributed by atoms with E-state index < -0.39 is 11.6 Å². The van der Waals surface area contributed by atoms with Gasteiger partial charge in [-0.15, -0.1) is 0 Å². The standard InChI is InChI=1S/C12H10F2O2/c1-2-15-8-6-9(13)12(10(14)7-8)11-4-3-5-16-11/h3-7H,2H2,1H3. The van der Waals surface area contributed by atoms with Crippen molar-refractivity contribution in [3.63, 3.8) is 0 Å². The molecule has 4 heteroatoms. The normalized spacial score (nSPS) is 10.4. The number of ether oxygens (including phenoxy) is 1. The van der Waals surface area contributed by atoms with Crippen LogP contribution in [0.2, 0.25) is 0 Å². The summed E-state index contributed by atoms with van der Waals surface area (Å²) < 4.78 is 37.2. The minimum atomic E-state index is -0.696. The molecule has 0 bridgehead atoms. The molecule has 16 heavy (non-hydrogen) atoms. The van der Waals surface area contributed by atoms with Gasteiger partial charge < -0.3 is 9.15 Å². The maximum Gasteiger partial charge on any atom is 0.140 e. The first kappa shape index (κ1) is 10.7. The van der Waals surface area contributed by atoms with E-state index in [4.69, 9.17) is 9.15 Å². The zero-order valence-electron chi connectivity index (χ0n) is 8.67. The van der Waals surface area contributed by atoms with Gasteiger partial charge in [-0.05, 0) is 19.1 Å². The van der Waals surface area contributed by atoms with E-state index in [9.17, 15) is 8.78 Å². The molecule has 0 radical (unpaired) electrons. The van der Waals surface area contributed by atoms with E-state index in [1.54, 1.807) is 13.0 Å². The summed E-state index contributed by atoms with van der Waals surface area (Å²) in [4.78, 5) is 0. The highest BCUT2D eigenvalue weighted by Gasteiger charge is 2.15. The Hall–Kier alpha value is -1.84. The van der Waals surface area contributed by atoms with Crippen LogP contribution in [0.4, 0.5) is 8.78 Å². The summed E-state index contributed by atoms with van der Waals surface area (Å²) in [5.74, 6) is -1.05. The Labute approximate surface area is 91.5 Å². The van der Waals surface area contributed by atoms with Crippen LogP contribution in [-0.4, -0.2) is 6.61 Å². The summed E-state index contributed by atoms with van der Waals surface area (Å²) in [5, 5.41) is 0. The van der Waals surface area contributed by atoms with Crippen LogP contribution in [0.3, 0.4) is 0 Å². The molecule has 1 aromatic carbocycles. The average Bonchev–Trinajstić information content (AvgIpc) is 2.70. The highest BCUT2D eigenvalue weighted by Crippen LogP contribution is 2.29. The third-order valence-corrected chi connectivity index (χ3v) is 2.09. The maximum absolute atomic E-state index is 13.6. The van der Waals surface area contributed by atoms with Crippen LogP contribution >= 0.6 is 0 Å². The zero-order valence-corrected chi connectivity index (χ0v) is 8.67. The van der Waals surface area contributed by atoms with E-state index in [1.165, 1.54) is 12.3 Å². The number of halogens is 2. The van der Waals surface area contributed by atoms with Crippen molar-refractivity contribution < 1.29 is 17.9 Å². The molecule has 0 aliphatic heterocycles. The molecule has 84 valence electrons. The Morgan fingerprint density at radius 1 is 1.25 bits per heavy atom. The molecule has 2 rings (SSSR count). The summed E-state index contributed by atoms with van der Waals surface area (Å²) in [6.07, 6.45) is 1.37. The van der Waals surface area contributed by atoms with Crippen molar-refractivity contribution in [2.75, 3.05) is 6.61 Å². The van der Waals surface area contributed by atoms with E-state index in [0.717, 1.165) is 12.1 Å². The molecule has 2 aromatic rings. The molecule has 0 amide bonds. The molecular formula is C12H10F2O2. The van der Waals surface area contributed by atoms with Crippen molar-refractivity contribution in [2.45, 2.75) is 6.92 Å². The van der Waals surface area contributed by atoms with Gasteiger partial charge in [0.25, 0.3) is 0 Å². The fraction of sp³-hybridized carbons (Fsp3) is 0.167. The van der Waals surface area contributed by atoms with Crippen LogP contribution in [0.5, 0.6) is 5.75 Å². The fourth-order valence-corrected chi connectivity index (χ4v) is 1.46. The third kappa shape index (κ3) is 1.91. The predicted molar refractivity (Wildman–Crippen MR) is 55.2 cm³/mol. The van der Waals surface area contributed by atoms with Gasteiger partial charge in [-0.25, -0.2) is 8.78 Å². The summed E-state index contributed by atoms with van der Waals surface area (Å²) in [7, 11) is 0. The van der Waals surface area contributed by atoms with Crippen molar-refractivity contribution in [2.24, 2.45) is 0 Å². The maximum atomic E-state index is 13.6. The average molecular weight is 224 g/mol. The molecule has 0 spiro atoms. The summed E-state index contributed by atoms with van der Waals surface area (Å²) >= 11 is 0. The Balaban J connectivity index is 2.48. The first-order valence-electron chi connectivity index (χ1n) is 4.88. The van der Waals surface area contributed by atoms with Gasteiger partial charge in [-0.1, -0.05) is 0 Å². The first-order valence-corrected chi connectivity index (χ1v) is 4.88. The molecule has 0 N–H and O–H groups in total. The molecule has 0 unspecified atom stereocenters. The Bertz CT molecular complexity index is 455. The topological polar surface area (TPSA) is 22.4 Å². The highest BCUT2D eigenvalue weighted by molar-refractivity contribution is 5.60. The monoisotopic (exact) mass is 224 g/mol. The molecule has 2 nitrogen and oxygen atoms in total. The van der Waals surface area contributed by atoms with Crippen molar-refractivity contribution in [3.8, 4) is 17.1 Å². The van der Waals surface area contributed by atoms with Gasteiger partial charge >= 0.3 is 0 Å². The Morgan fingerprint density at radius 2 is 1.94 bits per heavy atom. The lowest BCUT2D eigenvalue weighted by Gasteiger charge is -2.06. The van der Waals surface area contributed by atoms with Crippen molar-refractivity contribution in [1.82, 2.24) is 0 Å². The second-order valence-corrected chi connectivity index (χ2v) is 3.17. The van der Waals surface area contributed by atoms with Gasteiger partial charge in [0.15, 0.2) is 0 Å². The largest absolute Gasteiger partial charge is 0.494 e. The molecule has 0 saturated carbocycles. The zero-order chi connectivity index (χ0) is 11.5. The third-order valence-electron chi connectivity index (χ3n) is 2.09. The van der Waals surface area contributed by atoms with Crippen molar-refractivity contribution in [1.29, 1.82) is 0 Å². The molecular weight excluding hydrogens is 214 g/mol. The van der Waals surface area contributed by atoms with E-state index >= 15 is 0 Å². The molecule has 0 aliphatic rings. The van der Waals surface area contributed by atoms with Crippen molar-refractivity contribution >= 4 is 0 Å². The lowest BCUT2D eigenvalue weighted by atomic mass is 10.1. The number of furan rings is 1. The van der Waals surface area contributed by atoms with Crippen LogP contribution in [0.25, 0.3) is 11.3 Å². The van der Waals surface area contributed by atoms with Gasteiger partial charge in [-0.3, -0.25) is 0 Å². The SMILES string of the molecule is CCOc1cc(F)c(-c2ccco2)c(F)c1. The van der Waals surface area contributed by atoms with Gasteiger partial charge in [0.1, 0.15) is 23.1 Å². The van der Waals surface area contributed by atoms with Crippen LogP contribution in [-0.2, 0) is 0 Å². The van der Waals surface area contributed by atoms with E-state index in [2.05, 4.69) is 0 Å². The lowest BCUT2D eigenvalue weighted by molar-refractivity contribution is 0.336. The minimum Gasteiger partial charge on any atom is -0.494 e. The number of hydrogen-bond acceptors (Lipinski definition) is 2. The molecule has 1 aromatic heterocycles. The van der Waals surface area contributed by atoms with Crippen molar-refractivity contribution in [3.05, 3.63) is 42.2 Å². The number of rotatable bonds is 3. The van der Waals surface area contributed by atoms with E-state index in [-0.39, 0.29) is 17.1 Å². The molecule has 0 aliphatic carbocycles. The smallest absolute Gasteiger partial charge is 0.140 e. The van der Waals surface area contributed by atoms with Crippen LogP contribution < -0.4 is 4.74 Å². The van der Waals surface area contributed by atoms with Crippen LogP contribution in [0, 0.1) is 11.6 Å². The minimum absolute atomic E-state index is 0.165. The summed E-state index contributed by atoms with van der Waals surface area (Å²) in [6.45, 7) is 2.11. The Kier molecular flexibility index (Phi) is 2.90. The van der Waals surface area contributed by atoms with Gasteiger partial charge in [0.05, 0.1) is 18.4 Å². The quantitative estimate of drug-likeness (QED) is 0.794. The lowest BCUT2D eigenvalue weighted by Crippen LogP contribution is -1.95. The summed E-state index contributed by atoms with van der Waals surface area (Å²) in [6, 6.07) is 5.36. The van der Waals surface area contributed by atoms with Gasteiger partial charge in [0.2, 0.25) is 0 Å². The second-order valence-electron chi connectivity index (χ2n) is 3.17. The Morgan fingerprint density at radius 3 is 2.44 bits per heavy atom. The first-order chi connectivity index (χ1) is 7.72. The number of benzene rings is 1. The van der Waals surface area contributed by atoms with E-state index in [1.807, 2.05) is 0 Å². The second kappa shape index (κ2) is 4.35. The van der Waals surface area contributed by atoms with E-state index in [0.29, 0.717) is 6.61 Å². The number of hydrogen-bond donors (Lipinski definition) is 0. The molecule has 0 atom stereocenters.